The third-order valence-electron chi connectivity index (χ3n) is 4.13. The molecule has 2 rings (SSSR count). The minimum Gasteiger partial charge on any atom is -0.357 e. The lowest BCUT2D eigenvalue weighted by atomic mass is 10.1. The van der Waals surface area contributed by atoms with Crippen LogP contribution < -0.4 is 10.6 Å². The predicted molar refractivity (Wildman–Crippen MR) is 131 cm³/mol. The number of halogens is 1. The van der Waals surface area contributed by atoms with Crippen LogP contribution in [0.15, 0.2) is 52.2 Å². The van der Waals surface area contributed by atoms with Gasteiger partial charge >= 0.3 is 0 Å². The highest BCUT2D eigenvalue weighted by molar-refractivity contribution is 14.0. The molecule has 0 fully saturated rings. The van der Waals surface area contributed by atoms with Gasteiger partial charge in [0.05, 0.1) is 11.5 Å². The summed E-state index contributed by atoms with van der Waals surface area (Å²) in [5.74, 6) is 1.36. The van der Waals surface area contributed by atoms with E-state index in [1.807, 2.05) is 37.3 Å². The van der Waals surface area contributed by atoms with Gasteiger partial charge < -0.3 is 10.6 Å². The van der Waals surface area contributed by atoms with Gasteiger partial charge in [-0.15, -0.1) is 24.0 Å². The maximum atomic E-state index is 12.2. The molecule has 0 saturated heterocycles. The Morgan fingerprint density at radius 3 is 2.57 bits per heavy atom. The Morgan fingerprint density at radius 1 is 1.18 bits per heavy atom. The molecule has 1 heterocycles. The zero-order valence-electron chi connectivity index (χ0n) is 16.4. The summed E-state index contributed by atoms with van der Waals surface area (Å²) in [6.07, 6.45) is 0.555. The smallest absolute Gasteiger partial charge is 0.191 e. The van der Waals surface area contributed by atoms with Crippen molar-refractivity contribution in [2.45, 2.75) is 31.9 Å². The first-order chi connectivity index (χ1) is 13.0. The van der Waals surface area contributed by atoms with Crippen LogP contribution in [-0.4, -0.2) is 39.8 Å². The first-order valence-corrected chi connectivity index (χ1v) is 12.0. The van der Waals surface area contributed by atoms with Gasteiger partial charge in [-0.3, -0.25) is 4.99 Å². The van der Waals surface area contributed by atoms with Gasteiger partial charge in [-0.25, -0.2) is 8.42 Å². The van der Waals surface area contributed by atoms with E-state index >= 15 is 0 Å². The van der Waals surface area contributed by atoms with Crippen LogP contribution in [0.1, 0.15) is 37.3 Å². The number of benzene rings is 1. The summed E-state index contributed by atoms with van der Waals surface area (Å²) >= 11 is 1.70. The van der Waals surface area contributed by atoms with E-state index in [-0.39, 0.29) is 35.5 Å². The van der Waals surface area contributed by atoms with Crippen LogP contribution in [0.5, 0.6) is 0 Å². The van der Waals surface area contributed by atoms with Crippen molar-refractivity contribution < 1.29 is 8.42 Å². The van der Waals surface area contributed by atoms with E-state index in [9.17, 15) is 8.42 Å². The van der Waals surface area contributed by atoms with E-state index < -0.39 is 9.84 Å². The Balaban J connectivity index is 0.00000392. The molecular formula is C20H30IN3O2S2. The number of sulfone groups is 1. The molecule has 1 atom stereocenters. The molecule has 0 amide bonds. The molecule has 156 valence electrons. The minimum atomic E-state index is -3.10. The van der Waals surface area contributed by atoms with Crippen molar-refractivity contribution in [3.8, 4) is 0 Å². The van der Waals surface area contributed by atoms with E-state index in [0.29, 0.717) is 25.4 Å². The van der Waals surface area contributed by atoms with Crippen LogP contribution >= 0.6 is 35.3 Å². The highest BCUT2D eigenvalue weighted by Gasteiger charge is 2.12. The fourth-order valence-corrected chi connectivity index (χ4v) is 4.84. The molecule has 0 aliphatic rings. The topological polar surface area (TPSA) is 70.6 Å². The number of rotatable bonds is 10. The Bertz CT molecular complexity index is 794. The van der Waals surface area contributed by atoms with Crippen LogP contribution in [-0.2, 0) is 15.6 Å². The fourth-order valence-electron chi connectivity index (χ4n) is 2.63. The lowest BCUT2D eigenvalue weighted by molar-refractivity contribution is 0.591. The Morgan fingerprint density at radius 2 is 1.93 bits per heavy atom. The molecule has 5 nitrogen and oxygen atoms in total. The van der Waals surface area contributed by atoms with Crippen molar-refractivity contribution in [1.29, 1.82) is 0 Å². The van der Waals surface area contributed by atoms with E-state index in [1.165, 1.54) is 5.56 Å². The maximum Gasteiger partial charge on any atom is 0.191 e. The monoisotopic (exact) mass is 535 g/mol. The number of hydrogen-bond donors (Lipinski definition) is 2. The molecule has 2 aromatic rings. The summed E-state index contributed by atoms with van der Waals surface area (Å²) in [6, 6.07) is 11.4. The molecule has 0 spiro atoms. The first kappa shape index (κ1) is 24.9. The molecule has 2 N–H and O–H groups in total. The number of nitrogens with zero attached hydrogens (tertiary/aromatic N) is 1. The molecule has 1 aromatic carbocycles. The zero-order chi connectivity index (χ0) is 19.5. The van der Waals surface area contributed by atoms with Gasteiger partial charge in [0.2, 0.25) is 0 Å². The average molecular weight is 536 g/mol. The Labute approximate surface area is 190 Å². The van der Waals surface area contributed by atoms with Crippen molar-refractivity contribution in [3.05, 3.63) is 58.3 Å². The molecule has 0 aliphatic heterocycles. The van der Waals surface area contributed by atoms with Crippen LogP contribution in [0.4, 0.5) is 0 Å². The summed E-state index contributed by atoms with van der Waals surface area (Å²) in [5, 5.41) is 10.7. The van der Waals surface area contributed by atoms with E-state index in [0.717, 1.165) is 18.1 Å². The summed E-state index contributed by atoms with van der Waals surface area (Å²) in [6.45, 7) is 6.21. The zero-order valence-corrected chi connectivity index (χ0v) is 20.4. The van der Waals surface area contributed by atoms with E-state index in [2.05, 4.69) is 39.4 Å². The molecule has 0 aliphatic carbocycles. The summed E-state index contributed by atoms with van der Waals surface area (Å²) < 4.78 is 24.5. The molecule has 1 aromatic heterocycles. The number of guanidine groups is 1. The molecule has 28 heavy (non-hydrogen) atoms. The van der Waals surface area contributed by atoms with Crippen molar-refractivity contribution in [2.24, 2.45) is 4.99 Å². The van der Waals surface area contributed by atoms with Crippen LogP contribution in [0.2, 0.25) is 0 Å². The SMILES string of the molecule is CCNC(=NCC(C)c1ccsc1)NCCCS(=O)(=O)Cc1ccccc1.I. The molecule has 1 unspecified atom stereocenters. The highest BCUT2D eigenvalue weighted by Crippen LogP contribution is 2.18. The van der Waals surface area contributed by atoms with Gasteiger partial charge in [-0.05, 0) is 41.3 Å². The van der Waals surface area contributed by atoms with Gasteiger partial charge in [0.25, 0.3) is 0 Å². The third kappa shape index (κ3) is 9.38. The molecule has 8 heteroatoms. The van der Waals surface area contributed by atoms with Crippen molar-refractivity contribution >= 4 is 51.1 Å². The summed E-state index contributed by atoms with van der Waals surface area (Å²) in [7, 11) is -3.10. The second-order valence-electron chi connectivity index (χ2n) is 6.54. The Hall–Kier alpha value is -1.13. The fraction of sp³-hybridized carbons (Fsp3) is 0.450. The van der Waals surface area contributed by atoms with E-state index in [1.54, 1.807) is 11.3 Å². The van der Waals surface area contributed by atoms with Crippen molar-refractivity contribution in [3.63, 3.8) is 0 Å². The lowest BCUT2D eigenvalue weighted by Crippen LogP contribution is -2.38. The van der Waals surface area contributed by atoms with E-state index in [4.69, 9.17) is 0 Å². The Kier molecular flexibility index (Phi) is 11.7. The number of aliphatic imine (C=N–C) groups is 1. The first-order valence-electron chi connectivity index (χ1n) is 9.29. The van der Waals surface area contributed by atoms with Gasteiger partial charge in [0.15, 0.2) is 15.8 Å². The van der Waals surface area contributed by atoms with Crippen LogP contribution in [0.25, 0.3) is 0 Å². The molecular weight excluding hydrogens is 505 g/mol. The van der Waals surface area contributed by atoms with Crippen molar-refractivity contribution in [2.75, 3.05) is 25.4 Å². The summed E-state index contributed by atoms with van der Waals surface area (Å²) in [4.78, 5) is 4.62. The third-order valence-corrected chi connectivity index (χ3v) is 6.52. The van der Waals surface area contributed by atoms with Gasteiger partial charge in [-0.2, -0.15) is 11.3 Å². The standard InChI is InChI=1S/C20H29N3O2S2.HI/c1-3-21-20(23-14-17(2)19-10-12-26-15-19)22-11-7-13-27(24,25)16-18-8-5-4-6-9-18;/h4-6,8-10,12,15,17H,3,7,11,13-14,16H2,1-2H3,(H2,21,22,23);1H. The molecule has 0 bridgehead atoms. The predicted octanol–water partition coefficient (Wildman–Crippen LogP) is 4.03. The maximum absolute atomic E-state index is 12.2. The number of thiophene rings is 1. The second kappa shape index (κ2) is 13.2. The van der Waals surface area contributed by atoms with Crippen molar-refractivity contribution in [1.82, 2.24) is 10.6 Å². The molecule has 0 saturated carbocycles. The normalized spacial score (nSPS) is 12.9. The summed E-state index contributed by atoms with van der Waals surface area (Å²) in [5.41, 5.74) is 2.13. The highest BCUT2D eigenvalue weighted by atomic mass is 127. The quantitative estimate of drug-likeness (QED) is 0.209. The van der Waals surface area contributed by atoms with Gasteiger partial charge in [-0.1, -0.05) is 37.3 Å². The number of nitrogens with one attached hydrogen (secondary N) is 2. The second-order valence-corrected chi connectivity index (χ2v) is 9.50. The molecule has 0 radical (unpaired) electrons. The van der Waals surface area contributed by atoms with Gasteiger partial charge in [0.1, 0.15) is 0 Å². The lowest BCUT2D eigenvalue weighted by Gasteiger charge is -2.13. The van der Waals surface area contributed by atoms with Gasteiger partial charge in [0, 0.05) is 25.6 Å². The minimum absolute atomic E-state index is 0. The van der Waals surface area contributed by atoms with Crippen LogP contribution in [0.3, 0.4) is 0 Å². The number of hydrogen-bond acceptors (Lipinski definition) is 4. The average Bonchev–Trinajstić information content (AvgIpc) is 3.18. The largest absolute Gasteiger partial charge is 0.357 e. The van der Waals surface area contributed by atoms with Crippen LogP contribution in [0, 0.1) is 0 Å².